The molecule has 1 aliphatic heterocycles. The Bertz CT molecular complexity index is 465. The van der Waals surface area contributed by atoms with Gasteiger partial charge in [-0.25, -0.2) is 0 Å². The number of methoxy groups -OCH3 is 1. The number of carbonyl (C=O) groups is 1. The molecule has 1 aromatic rings. The summed E-state index contributed by atoms with van der Waals surface area (Å²) in [6.07, 6.45) is 3.63. The molecular formula is C15H22BrClN2O2. The molecule has 1 aromatic carbocycles. The van der Waals surface area contributed by atoms with Crippen molar-refractivity contribution >= 4 is 34.2 Å². The van der Waals surface area contributed by atoms with Crippen LogP contribution in [0, 0.1) is 0 Å². The van der Waals surface area contributed by atoms with E-state index in [1.165, 1.54) is 6.42 Å². The van der Waals surface area contributed by atoms with Gasteiger partial charge in [0.2, 0.25) is 5.91 Å². The first-order chi connectivity index (χ1) is 9.69. The van der Waals surface area contributed by atoms with Crippen LogP contribution in [0.5, 0.6) is 5.75 Å². The van der Waals surface area contributed by atoms with Crippen LogP contribution in [0.2, 0.25) is 0 Å². The van der Waals surface area contributed by atoms with E-state index in [-0.39, 0.29) is 18.3 Å². The van der Waals surface area contributed by atoms with Gasteiger partial charge < -0.3 is 15.4 Å². The van der Waals surface area contributed by atoms with Crippen molar-refractivity contribution in [3.05, 3.63) is 28.2 Å². The minimum Gasteiger partial charge on any atom is -0.496 e. The minimum atomic E-state index is 0. The average molecular weight is 378 g/mol. The van der Waals surface area contributed by atoms with E-state index in [9.17, 15) is 4.79 Å². The molecule has 0 radical (unpaired) electrons. The van der Waals surface area contributed by atoms with Gasteiger partial charge in [0, 0.05) is 19.0 Å². The maximum absolute atomic E-state index is 11.8. The van der Waals surface area contributed by atoms with Crippen LogP contribution in [0.1, 0.15) is 24.8 Å². The molecule has 118 valence electrons. The largest absolute Gasteiger partial charge is 0.496 e. The quantitative estimate of drug-likeness (QED) is 0.801. The van der Waals surface area contributed by atoms with Crippen molar-refractivity contribution in [2.75, 3.05) is 20.2 Å². The van der Waals surface area contributed by atoms with Gasteiger partial charge in [0.1, 0.15) is 5.75 Å². The number of carbonyl (C=O) groups excluding carboxylic acids is 1. The number of ether oxygens (including phenoxy) is 1. The lowest BCUT2D eigenvalue weighted by atomic mass is 10.1. The highest BCUT2D eigenvalue weighted by Crippen LogP contribution is 2.25. The molecule has 21 heavy (non-hydrogen) atoms. The molecule has 0 aromatic heterocycles. The summed E-state index contributed by atoms with van der Waals surface area (Å²) in [5, 5.41) is 6.37. The zero-order valence-corrected chi connectivity index (χ0v) is 14.6. The predicted octanol–water partition coefficient (Wildman–Crippen LogP) is 2.68. The summed E-state index contributed by atoms with van der Waals surface area (Å²) in [4.78, 5) is 11.8. The summed E-state index contributed by atoms with van der Waals surface area (Å²) in [5.74, 6) is 0.927. The zero-order valence-electron chi connectivity index (χ0n) is 12.2. The lowest BCUT2D eigenvalue weighted by Gasteiger charge is -2.11. The Morgan fingerprint density at radius 3 is 2.95 bits per heavy atom. The topological polar surface area (TPSA) is 50.4 Å². The van der Waals surface area contributed by atoms with Crippen LogP contribution in [-0.4, -0.2) is 32.1 Å². The maximum Gasteiger partial charge on any atom is 0.220 e. The smallest absolute Gasteiger partial charge is 0.220 e. The summed E-state index contributed by atoms with van der Waals surface area (Å²) in [7, 11) is 1.64. The third-order valence-corrected chi connectivity index (χ3v) is 4.18. The molecule has 1 atom stereocenters. The lowest BCUT2D eigenvalue weighted by molar-refractivity contribution is -0.121. The Kier molecular flexibility index (Phi) is 8.07. The summed E-state index contributed by atoms with van der Waals surface area (Å²) in [5.41, 5.74) is 1.13. The van der Waals surface area contributed by atoms with Crippen LogP contribution in [0.15, 0.2) is 22.7 Å². The molecule has 1 unspecified atom stereocenters. The molecule has 1 amide bonds. The average Bonchev–Trinajstić information content (AvgIpc) is 2.96. The molecule has 4 nitrogen and oxygen atoms in total. The van der Waals surface area contributed by atoms with Crippen LogP contribution in [0.4, 0.5) is 0 Å². The van der Waals surface area contributed by atoms with E-state index in [1.54, 1.807) is 7.11 Å². The maximum atomic E-state index is 11.8. The normalized spacial score (nSPS) is 17.1. The fourth-order valence-corrected chi connectivity index (χ4v) is 2.97. The Hall–Kier alpha value is -0.780. The number of benzene rings is 1. The van der Waals surface area contributed by atoms with E-state index in [0.717, 1.165) is 41.7 Å². The second-order valence-corrected chi connectivity index (χ2v) is 5.92. The molecule has 0 bridgehead atoms. The van der Waals surface area contributed by atoms with E-state index >= 15 is 0 Å². The van der Waals surface area contributed by atoms with Gasteiger partial charge in [-0.05, 0) is 59.4 Å². The van der Waals surface area contributed by atoms with Gasteiger partial charge in [-0.15, -0.1) is 12.4 Å². The van der Waals surface area contributed by atoms with Gasteiger partial charge >= 0.3 is 0 Å². The van der Waals surface area contributed by atoms with E-state index in [1.807, 2.05) is 18.2 Å². The third kappa shape index (κ3) is 5.85. The molecule has 0 spiro atoms. The molecule has 1 heterocycles. The Labute approximate surface area is 140 Å². The van der Waals surface area contributed by atoms with Crippen molar-refractivity contribution in [1.82, 2.24) is 10.6 Å². The van der Waals surface area contributed by atoms with Gasteiger partial charge in [0.15, 0.2) is 0 Å². The summed E-state index contributed by atoms with van der Waals surface area (Å²) in [6, 6.07) is 6.37. The first-order valence-corrected chi connectivity index (χ1v) is 7.81. The summed E-state index contributed by atoms with van der Waals surface area (Å²) >= 11 is 3.46. The second kappa shape index (κ2) is 9.28. The van der Waals surface area contributed by atoms with Crippen molar-refractivity contribution in [2.24, 2.45) is 0 Å². The van der Waals surface area contributed by atoms with Crippen molar-refractivity contribution in [2.45, 2.75) is 31.7 Å². The molecule has 1 saturated heterocycles. The monoisotopic (exact) mass is 376 g/mol. The summed E-state index contributed by atoms with van der Waals surface area (Å²) < 4.78 is 6.11. The molecular weight excluding hydrogens is 356 g/mol. The first-order valence-electron chi connectivity index (χ1n) is 7.01. The van der Waals surface area contributed by atoms with E-state index in [0.29, 0.717) is 12.5 Å². The van der Waals surface area contributed by atoms with Crippen LogP contribution < -0.4 is 15.4 Å². The highest BCUT2D eigenvalue weighted by Gasteiger charge is 2.14. The van der Waals surface area contributed by atoms with Crippen molar-refractivity contribution in [3.63, 3.8) is 0 Å². The van der Waals surface area contributed by atoms with Crippen LogP contribution in [-0.2, 0) is 11.2 Å². The van der Waals surface area contributed by atoms with Crippen molar-refractivity contribution in [1.29, 1.82) is 0 Å². The number of halogens is 2. The second-order valence-electron chi connectivity index (χ2n) is 5.07. The zero-order chi connectivity index (χ0) is 14.4. The van der Waals surface area contributed by atoms with E-state index in [4.69, 9.17) is 4.74 Å². The van der Waals surface area contributed by atoms with Gasteiger partial charge in [-0.1, -0.05) is 6.07 Å². The molecule has 2 N–H and O–H groups in total. The van der Waals surface area contributed by atoms with Crippen LogP contribution >= 0.6 is 28.3 Å². The number of nitrogens with one attached hydrogen (secondary N) is 2. The number of aryl methyl sites for hydroxylation is 1. The number of amides is 1. The molecule has 6 heteroatoms. The Morgan fingerprint density at radius 2 is 2.33 bits per heavy atom. The third-order valence-electron chi connectivity index (χ3n) is 3.56. The van der Waals surface area contributed by atoms with Crippen LogP contribution in [0.3, 0.4) is 0 Å². The Morgan fingerprint density at radius 1 is 1.52 bits per heavy atom. The van der Waals surface area contributed by atoms with Gasteiger partial charge in [-0.2, -0.15) is 0 Å². The molecule has 2 rings (SSSR count). The van der Waals surface area contributed by atoms with Crippen LogP contribution in [0.25, 0.3) is 0 Å². The fourth-order valence-electron chi connectivity index (χ4n) is 2.38. The highest BCUT2D eigenvalue weighted by atomic mass is 79.9. The van der Waals surface area contributed by atoms with Gasteiger partial charge in [-0.3, -0.25) is 4.79 Å². The fraction of sp³-hybridized carbons (Fsp3) is 0.533. The molecule has 0 saturated carbocycles. The number of hydrogen-bond donors (Lipinski definition) is 2. The predicted molar refractivity (Wildman–Crippen MR) is 90.3 cm³/mol. The summed E-state index contributed by atoms with van der Waals surface area (Å²) in [6.45, 7) is 1.81. The number of hydrogen-bond acceptors (Lipinski definition) is 3. The molecule has 1 aliphatic rings. The van der Waals surface area contributed by atoms with Crippen molar-refractivity contribution < 1.29 is 9.53 Å². The Balaban J connectivity index is 0.00000220. The molecule has 1 fully saturated rings. The van der Waals surface area contributed by atoms with Gasteiger partial charge in [0.25, 0.3) is 0 Å². The van der Waals surface area contributed by atoms with E-state index in [2.05, 4.69) is 26.6 Å². The van der Waals surface area contributed by atoms with Crippen molar-refractivity contribution in [3.8, 4) is 5.75 Å². The SMILES string of the molecule is COc1ccc(CCC(=O)NCC2CCCN2)cc1Br.Cl. The minimum absolute atomic E-state index is 0. The standard InChI is InChI=1S/C15H21BrN2O2.ClH/c1-20-14-6-4-11(9-13(14)16)5-7-15(19)18-10-12-3-2-8-17-12;/h4,6,9,12,17H,2-3,5,7-8,10H2,1H3,(H,18,19);1H. The number of rotatable bonds is 6. The van der Waals surface area contributed by atoms with E-state index < -0.39 is 0 Å². The highest BCUT2D eigenvalue weighted by molar-refractivity contribution is 9.10. The first kappa shape index (κ1) is 18.3. The lowest BCUT2D eigenvalue weighted by Crippen LogP contribution is -2.37. The van der Waals surface area contributed by atoms with Gasteiger partial charge in [0.05, 0.1) is 11.6 Å². The molecule has 0 aliphatic carbocycles.